The Kier molecular flexibility index (Phi) is 4.75. The first-order valence-corrected chi connectivity index (χ1v) is 5.75. The van der Waals surface area contributed by atoms with Crippen LogP contribution in [0.1, 0.15) is 31.1 Å². The van der Waals surface area contributed by atoms with Crippen molar-refractivity contribution in [1.29, 1.82) is 0 Å². The van der Waals surface area contributed by atoms with E-state index in [-0.39, 0.29) is 5.56 Å². The van der Waals surface area contributed by atoms with Gasteiger partial charge in [-0.2, -0.15) is 0 Å². The Hall–Kier alpha value is -1.78. The van der Waals surface area contributed by atoms with Gasteiger partial charge in [0.15, 0.2) is 11.6 Å². The lowest BCUT2D eigenvalue weighted by atomic mass is 10.2. The van der Waals surface area contributed by atoms with Crippen molar-refractivity contribution in [2.45, 2.75) is 20.8 Å². The molecule has 5 nitrogen and oxygen atoms in total. The standard InChI is InChI=1S/C12H18N2O3/c1-4-14(5-2)11-10(17-6-3)7-9(8-13-11)12(15)16/h7-8H,4-6H2,1-3H3,(H,15,16). The van der Waals surface area contributed by atoms with E-state index in [2.05, 4.69) is 4.98 Å². The maximum Gasteiger partial charge on any atom is 0.337 e. The van der Waals surface area contributed by atoms with Gasteiger partial charge in [0, 0.05) is 25.4 Å². The van der Waals surface area contributed by atoms with Gasteiger partial charge in [0.05, 0.1) is 12.2 Å². The van der Waals surface area contributed by atoms with E-state index in [4.69, 9.17) is 9.84 Å². The van der Waals surface area contributed by atoms with E-state index >= 15 is 0 Å². The number of aromatic nitrogens is 1. The van der Waals surface area contributed by atoms with E-state index in [9.17, 15) is 4.79 Å². The van der Waals surface area contributed by atoms with Gasteiger partial charge in [-0.1, -0.05) is 0 Å². The molecule has 0 aromatic carbocycles. The molecular formula is C12H18N2O3. The molecule has 0 aliphatic carbocycles. The van der Waals surface area contributed by atoms with Gasteiger partial charge in [0.2, 0.25) is 0 Å². The van der Waals surface area contributed by atoms with Gasteiger partial charge in [-0.15, -0.1) is 0 Å². The molecule has 94 valence electrons. The van der Waals surface area contributed by atoms with Crippen LogP contribution in [0.5, 0.6) is 5.75 Å². The second kappa shape index (κ2) is 6.08. The fourth-order valence-electron chi connectivity index (χ4n) is 1.58. The van der Waals surface area contributed by atoms with Gasteiger partial charge in [0.1, 0.15) is 0 Å². The molecule has 0 fully saturated rings. The molecule has 0 atom stereocenters. The molecule has 1 aromatic heterocycles. The van der Waals surface area contributed by atoms with Gasteiger partial charge in [-0.3, -0.25) is 0 Å². The summed E-state index contributed by atoms with van der Waals surface area (Å²) < 4.78 is 5.44. The quantitative estimate of drug-likeness (QED) is 0.821. The lowest BCUT2D eigenvalue weighted by Crippen LogP contribution is -2.24. The zero-order valence-corrected chi connectivity index (χ0v) is 10.4. The molecule has 17 heavy (non-hydrogen) atoms. The Morgan fingerprint density at radius 3 is 2.53 bits per heavy atom. The molecule has 1 N–H and O–H groups in total. The Labute approximate surface area is 101 Å². The van der Waals surface area contributed by atoms with Crippen molar-refractivity contribution in [3.63, 3.8) is 0 Å². The molecule has 0 spiro atoms. The van der Waals surface area contributed by atoms with E-state index in [1.165, 1.54) is 12.3 Å². The predicted molar refractivity (Wildman–Crippen MR) is 65.9 cm³/mol. The van der Waals surface area contributed by atoms with Crippen LogP contribution in [0.4, 0.5) is 5.82 Å². The molecule has 0 aliphatic rings. The number of carbonyl (C=O) groups is 1. The minimum Gasteiger partial charge on any atom is -0.490 e. The summed E-state index contributed by atoms with van der Waals surface area (Å²) in [5, 5.41) is 8.91. The van der Waals surface area contributed by atoms with Gasteiger partial charge >= 0.3 is 5.97 Å². The summed E-state index contributed by atoms with van der Waals surface area (Å²) >= 11 is 0. The van der Waals surface area contributed by atoms with Crippen LogP contribution in [-0.4, -0.2) is 35.8 Å². The molecule has 0 bridgehead atoms. The molecule has 0 amide bonds. The smallest absolute Gasteiger partial charge is 0.337 e. The second-order valence-corrected chi connectivity index (χ2v) is 3.46. The Bertz CT molecular complexity index is 389. The van der Waals surface area contributed by atoms with Crippen molar-refractivity contribution in [2.24, 2.45) is 0 Å². The molecule has 1 aromatic rings. The van der Waals surface area contributed by atoms with Gasteiger partial charge in [-0.25, -0.2) is 9.78 Å². The minimum atomic E-state index is -0.996. The summed E-state index contributed by atoms with van der Waals surface area (Å²) in [7, 11) is 0. The summed E-state index contributed by atoms with van der Waals surface area (Å²) in [6, 6.07) is 1.52. The number of hydrogen-bond acceptors (Lipinski definition) is 4. The van der Waals surface area contributed by atoms with Crippen molar-refractivity contribution in [3.8, 4) is 5.75 Å². The number of aromatic carboxylic acids is 1. The molecule has 0 saturated heterocycles. The number of hydrogen-bond donors (Lipinski definition) is 1. The van der Waals surface area contributed by atoms with Gasteiger partial charge < -0.3 is 14.7 Å². The van der Waals surface area contributed by atoms with E-state index in [1.807, 2.05) is 25.7 Å². The van der Waals surface area contributed by atoms with Crippen LogP contribution in [0, 0.1) is 0 Å². The van der Waals surface area contributed by atoms with E-state index in [0.29, 0.717) is 18.2 Å². The highest BCUT2D eigenvalue weighted by atomic mass is 16.5. The van der Waals surface area contributed by atoms with Crippen LogP contribution in [0.2, 0.25) is 0 Å². The topological polar surface area (TPSA) is 62.7 Å². The first-order valence-electron chi connectivity index (χ1n) is 5.75. The van der Waals surface area contributed by atoms with Crippen LogP contribution in [0.15, 0.2) is 12.3 Å². The lowest BCUT2D eigenvalue weighted by molar-refractivity contribution is 0.0696. The highest BCUT2D eigenvalue weighted by molar-refractivity contribution is 5.88. The van der Waals surface area contributed by atoms with E-state index < -0.39 is 5.97 Å². The van der Waals surface area contributed by atoms with Crippen LogP contribution in [-0.2, 0) is 0 Å². The average Bonchev–Trinajstić information content (AvgIpc) is 2.32. The summed E-state index contributed by atoms with van der Waals surface area (Å²) in [4.78, 5) is 17.1. The summed E-state index contributed by atoms with van der Waals surface area (Å²) in [5.74, 6) is 0.225. The van der Waals surface area contributed by atoms with Gasteiger partial charge in [-0.05, 0) is 20.8 Å². The molecule has 0 aliphatic heterocycles. The minimum absolute atomic E-state index is 0.143. The highest BCUT2D eigenvalue weighted by Gasteiger charge is 2.14. The fraction of sp³-hybridized carbons (Fsp3) is 0.500. The van der Waals surface area contributed by atoms with Crippen molar-refractivity contribution in [1.82, 2.24) is 4.98 Å². The number of ether oxygens (including phenoxy) is 1. The molecule has 5 heteroatoms. The zero-order chi connectivity index (χ0) is 12.8. The molecule has 1 rings (SSSR count). The molecule has 1 heterocycles. The number of rotatable bonds is 6. The van der Waals surface area contributed by atoms with Crippen LogP contribution < -0.4 is 9.64 Å². The molecule has 0 radical (unpaired) electrons. The van der Waals surface area contributed by atoms with Gasteiger partial charge in [0.25, 0.3) is 0 Å². The largest absolute Gasteiger partial charge is 0.490 e. The number of carboxylic acid groups (broad SMARTS) is 1. The Morgan fingerprint density at radius 1 is 1.41 bits per heavy atom. The van der Waals surface area contributed by atoms with Crippen molar-refractivity contribution >= 4 is 11.8 Å². The van der Waals surface area contributed by atoms with E-state index in [0.717, 1.165) is 13.1 Å². The molecule has 0 unspecified atom stereocenters. The maximum atomic E-state index is 10.9. The normalized spacial score (nSPS) is 10.1. The number of pyridine rings is 1. The average molecular weight is 238 g/mol. The first-order chi connectivity index (χ1) is 8.13. The monoisotopic (exact) mass is 238 g/mol. The number of carboxylic acids is 1. The maximum absolute atomic E-state index is 10.9. The summed E-state index contributed by atoms with van der Waals surface area (Å²) in [6.45, 7) is 7.99. The summed E-state index contributed by atoms with van der Waals surface area (Å²) in [5.41, 5.74) is 0.143. The third kappa shape index (κ3) is 3.09. The first kappa shape index (κ1) is 13.3. The number of anilines is 1. The van der Waals surface area contributed by atoms with Crippen molar-refractivity contribution in [2.75, 3.05) is 24.6 Å². The third-order valence-corrected chi connectivity index (χ3v) is 2.44. The third-order valence-electron chi connectivity index (χ3n) is 2.44. The predicted octanol–water partition coefficient (Wildman–Crippen LogP) is 2.02. The SMILES string of the molecule is CCOc1cc(C(=O)O)cnc1N(CC)CC. The highest BCUT2D eigenvalue weighted by Crippen LogP contribution is 2.26. The zero-order valence-electron chi connectivity index (χ0n) is 10.4. The fourth-order valence-corrected chi connectivity index (χ4v) is 1.58. The van der Waals surface area contributed by atoms with E-state index in [1.54, 1.807) is 0 Å². The second-order valence-electron chi connectivity index (χ2n) is 3.46. The van der Waals surface area contributed by atoms with Crippen LogP contribution >= 0.6 is 0 Å². The lowest BCUT2D eigenvalue weighted by Gasteiger charge is -2.22. The van der Waals surface area contributed by atoms with Crippen LogP contribution in [0.3, 0.4) is 0 Å². The molecular weight excluding hydrogens is 220 g/mol. The Morgan fingerprint density at radius 2 is 2.06 bits per heavy atom. The number of nitrogens with zero attached hydrogens (tertiary/aromatic N) is 2. The van der Waals surface area contributed by atoms with Crippen molar-refractivity contribution < 1.29 is 14.6 Å². The summed E-state index contributed by atoms with van der Waals surface area (Å²) in [6.07, 6.45) is 1.36. The van der Waals surface area contributed by atoms with Crippen molar-refractivity contribution in [3.05, 3.63) is 17.8 Å². The Balaban J connectivity index is 3.15. The van der Waals surface area contributed by atoms with Crippen LogP contribution in [0.25, 0.3) is 0 Å². The molecule has 0 saturated carbocycles.